The fourth-order valence-corrected chi connectivity index (χ4v) is 1.67. The van der Waals surface area contributed by atoms with Gasteiger partial charge in [0.2, 0.25) is 5.91 Å². The molecule has 0 aliphatic carbocycles. The van der Waals surface area contributed by atoms with Crippen molar-refractivity contribution in [3.05, 3.63) is 0 Å². The first kappa shape index (κ1) is 11.8. The monoisotopic (exact) mass is 214 g/mol. The number of likely N-dealkylation sites (tertiary alicyclic amines) is 1. The van der Waals surface area contributed by atoms with Crippen molar-refractivity contribution >= 4 is 11.9 Å². The lowest BCUT2D eigenvalue weighted by Gasteiger charge is -2.16. The molecule has 15 heavy (non-hydrogen) atoms. The fourth-order valence-electron chi connectivity index (χ4n) is 1.67. The van der Waals surface area contributed by atoms with Crippen LogP contribution < -0.4 is 11.5 Å². The number of nitrogens with two attached hydrogens (primary N) is 2. The maximum Gasteiger partial charge on any atom is 0.225 e. The summed E-state index contributed by atoms with van der Waals surface area (Å²) in [6.45, 7) is 2.80. The maximum atomic E-state index is 11.5. The Morgan fingerprint density at radius 3 is 2.87 bits per heavy atom. The average Bonchev–Trinajstić information content (AvgIpc) is 2.50. The van der Waals surface area contributed by atoms with Gasteiger partial charge in [-0.2, -0.15) is 0 Å². The molecular weight excluding hydrogens is 196 g/mol. The number of carbonyl (C=O) groups excluding carboxylic acids is 1. The van der Waals surface area contributed by atoms with Crippen molar-refractivity contribution in [2.45, 2.75) is 31.9 Å². The van der Waals surface area contributed by atoms with Crippen LogP contribution in [0.3, 0.4) is 0 Å². The van der Waals surface area contributed by atoms with Gasteiger partial charge in [-0.15, -0.1) is 0 Å². The van der Waals surface area contributed by atoms with Gasteiger partial charge in [-0.1, -0.05) is 0 Å². The molecule has 6 heteroatoms. The molecule has 1 aliphatic rings. The maximum absolute atomic E-state index is 11.5. The molecule has 0 aromatic rings. The van der Waals surface area contributed by atoms with Crippen molar-refractivity contribution in [1.29, 1.82) is 0 Å². The summed E-state index contributed by atoms with van der Waals surface area (Å²) in [4.78, 5) is 17.2. The standard InChI is InChI=1S/C9H18N4O2/c1-6(14)4-8(15)13-3-2-7(5-13)12-9(10)11/h6-7,14H,2-5H2,1H3,(H4,10,11,12). The summed E-state index contributed by atoms with van der Waals surface area (Å²) in [5.74, 6) is 0.0168. The lowest BCUT2D eigenvalue weighted by Crippen LogP contribution is -2.32. The quantitative estimate of drug-likeness (QED) is 0.398. The van der Waals surface area contributed by atoms with Gasteiger partial charge in [0, 0.05) is 13.1 Å². The third-order valence-electron chi connectivity index (χ3n) is 2.32. The van der Waals surface area contributed by atoms with E-state index in [1.807, 2.05) is 0 Å². The van der Waals surface area contributed by atoms with Gasteiger partial charge < -0.3 is 21.5 Å². The molecule has 0 aromatic heterocycles. The lowest BCUT2D eigenvalue weighted by atomic mass is 10.2. The van der Waals surface area contributed by atoms with Crippen molar-refractivity contribution in [3.8, 4) is 0 Å². The van der Waals surface area contributed by atoms with Crippen molar-refractivity contribution in [2.24, 2.45) is 16.5 Å². The zero-order chi connectivity index (χ0) is 11.4. The molecule has 0 radical (unpaired) electrons. The number of aliphatic imine (C=N–C) groups is 1. The second-order valence-corrected chi connectivity index (χ2v) is 3.89. The normalized spacial score (nSPS) is 22.5. The molecule has 6 nitrogen and oxygen atoms in total. The third-order valence-corrected chi connectivity index (χ3v) is 2.32. The molecule has 0 aromatic carbocycles. The summed E-state index contributed by atoms with van der Waals surface area (Å²) in [6, 6.07) is 0.00736. The first-order chi connectivity index (χ1) is 6.99. The Bertz CT molecular complexity index is 261. The van der Waals surface area contributed by atoms with E-state index in [1.54, 1.807) is 11.8 Å². The second kappa shape index (κ2) is 4.97. The Labute approximate surface area is 88.9 Å². The SMILES string of the molecule is CC(O)CC(=O)N1CCC(N=C(N)N)C1. The van der Waals surface area contributed by atoms with Crippen LogP contribution in [-0.4, -0.2) is 47.1 Å². The molecule has 1 rings (SSSR count). The topological polar surface area (TPSA) is 105 Å². The highest BCUT2D eigenvalue weighted by atomic mass is 16.3. The summed E-state index contributed by atoms with van der Waals surface area (Å²) < 4.78 is 0. The Kier molecular flexibility index (Phi) is 3.90. The van der Waals surface area contributed by atoms with E-state index in [1.165, 1.54) is 0 Å². The number of guanidine groups is 1. The highest BCUT2D eigenvalue weighted by Gasteiger charge is 2.26. The van der Waals surface area contributed by atoms with E-state index in [0.717, 1.165) is 6.42 Å². The van der Waals surface area contributed by atoms with Gasteiger partial charge in [-0.05, 0) is 13.3 Å². The number of nitrogens with zero attached hydrogens (tertiary/aromatic N) is 2. The smallest absolute Gasteiger partial charge is 0.225 e. The van der Waals surface area contributed by atoms with Crippen LogP contribution in [0.4, 0.5) is 0 Å². The van der Waals surface area contributed by atoms with Crippen LogP contribution in [0, 0.1) is 0 Å². The first-order valence-electron chi connectivity index (χ1n) is 5.03. The summed E-state index contributed by atoms with van der Waals surface area (Å²) in [6.07, 6.45) is 0.345. The number of rotatable bonds is 3. The van der Waals surface area contributed by atoms with E-state index >= 15 is 0 Å². The van der Waals surface area contributed by atoms with Crippen molar-refractivity contribution < 1.29 is 9.90 Å². The second-order valence-electron chi connectivity index (χ2n) is 3.89. The minimum Gasteiger partial charge on any atom is -0.393 e. The summed E-state index contributed by atoms with van der Waals surface area (Å²) in [7, 11) is 0. The number of aliphatic hydroxyl groups is 1. The summed E-state index contributed by atoms with van der Waals surface area (Å²) in [5.41, 5.74) is 10.5. The molecule has 2 unspecified atom stereocenters. The lowest BCUT2D eigenvalue weighted by molar-refractivity contribution is -0.131. The molecule has 1 heterocycles. The molecule has 0 spiro atoms. The van der Waals surface area contributed by atoms with Crippen LogP contribution >= 0.6 is 0 Å². The molecule has 0 bridgehead atoms. The highest BCUT2D eigenvalue weighted by Crippen LogP contribution is 2.13. The molecule has 86 valence electrons. The molecule has 1 amide bonds. The van der Waals surface area contributed by atoms with Crippen LogP contribution in [0.5, 0.6) is 0 Å². The van der Waals surface area contributed by atoms with Gasteiger partial charge in [0.1, 0.15) is 0 Å². The predicted molar refractivity (Wildman–Crippen MR) is 57.1 cm³/mol. The van der Waals surface area contributed by atoms with Gasteiger partial charge >= 0.3 is 0 Å². The Morgan fingerprint density at radius 1 is 1.67 bits per heavy atom. The van der Waals surface area contributed by atoms with Crippen molar-refractivity contribution in [3.63, 3.8) is 0 Å². The number of aliphatic hydroxyl groups excluding tert-OH is 1. The number of hydrogen-bond acceptors (Lipinski definition) is 3. The predicted octanol–water partition coefficient (Wildman–Crippen LogP) is -1.37. The van der Waals surface area contributed by atoms with E-state index in [0.29, 0.717) is 13.1 Å². The minimum absolute atomic E-state index is 0.00736. The van der Waals surface area contributed by atoms with E-state index in [4.69, 9.17) is 16.6 Å². The van der Waals surface area contributed by atoms with Gasteiger partial charge in [0.05, 0.1) is 18.6 Å². The van der Waals surface area contributed by atoms with E-state index < -0.39 is 6.10 Å². The zero-order valence-corrected chi connectivity index (χ0v) is 8.89. The van der Waals surface area contributed by atoms with E-state index in [-0.39, 0.29) is 24.3 Å². The van der Waals surface area contributed by atoms with Crippen molar-refractivity contribution in [1.82, 2.24) is 4.90 Å². The third kappa shape index (κ3) is 3.75. The van der Waals surface area contributed by atoms with E-state index in [9.17, 15) is 4.79 Å². The van der Waals surface area contributed by atoms with Crippen LogP contribution in [0.25, 0.3) is 0 Å². The number of hydrogen-bond donors (Lipinski definition) is 3. The summed E-state index contributed by atoms with van der Waals surface area (Å²) in [5, 5.41) is 9.08. The van der Waals surface area contributed by atoms with Crippen molar-refractivity contribution in [2.75, 3.05) is 13.1 Å². The highest BCUT2D eigenvalue weighted by molar-refractivity contribution is 5.78. The molecule has 1 aliphatic heterocycles. The Hall–Kier alpha value is -1.30. The first-order valence-corrected chi connectivity index (χ1v) is 5.03. The fraction of sp³-hybridized carbons (Fsp3) is 0.778. The van der Waals surface area contributed by atoms with Crippen LogP contribution in [-0.2, 0) is 4.79 Å². The van der Waals surface area contributed by atoms with Crippen LogP contribution in [0.2, 0.25) is 0 Å². The van der Waals surface area contributed by atoms with Gasteiger partial charge in [-0.25, -0.2) is 4.99 Å². The molecule has 5 N–H and O–H groups in total. The number of carbonyl (C=O) groups is 1. The molecular formula is C9H18N4O2. The van der Waals surface area contributed by atoms with Crippen LogP contribution in [0.1, 0.15) is 19.8 Å². The Morgan fingerprint density at radius 2 is 2.33 bits per heavy atom. The molecule has 0 saturated carbocycles. The van der Waals surface area contributed by atoms with Gasteiger partial charge in [0.25, 0.3) is 0 Å². The van der Waals surface area contributed by atoms with Gasteiger partial charge in [-0.3, -0.25) is 4.79 Å². The van der Waals surface area contributed by atoms with Crippen LogP contribution in [0.15, 0.2) is 4.99 Å². The largest absolute Gasteiger partial charge is 0.393 e. The number of amides is 1. The average molecular weight is 214 g/mol. The molecule has 2 atom stereocenters. The Balaban J connectivity index is 2.42. The minimum atomic E-state index is -0.598. The zero-order valence-electron chi connectivity index (χ0n) is 8.89. The summed E-state index contributed by atoms with van der Waals surface area (Å²) >= 11 is 0. The van der Waals surface area contributed by atoms with Gasteiger partial charge in [0.15, 0.2) is 5.96 Å². The molecule has 1 saturated heterocycles. The van der Waals surface area contributed by atoms with E-state index in [2.05, 4.69) is 4.99 Å². The molecule has 1 fully saturated rings.